The van der Waals surface area contributed by atoms with E-state index in [0.717, 1.165) is 50.3 Å². The molecule has 2 fully saturated rings. The van der Waals surface area contributed by atoms with E-state index in [9.17, 15) is 0 Å². The molecule has 4 aliphatic rings. The van der Waals surface area contributed by atoms with Crippen LogP contribution in [0.5, 0.6) is 11.5 Å². The molecule has 0 N–H and O–H groups in total. The van der Waals surface area contributed by atoms with Crippen molar-refractivity contribution in [2.75, 3.05) is 40.5 Å². The van der Waals surface area contributed by atoms with Crippen molar-refractivity contribution in [3.8, 4) is 11.5 Å². The standard InChI is InChI=1S/C20H25NO4/c1-22-17-11-14-3-7-21-8-4-15-13-19(24-9-10-25-19)5-6-20(15,21)16(14)12-18(17)23-2/h4,11-12H,3,5-10,13H2,1-2H3/t20-/m1/s1. The Labute approximate surface area is 148 Å². The topological polar surface area (TPSA) is 40.2 Å². The van der Waals surface area contributed by atoms with Gasteiger partial charge in [0.05, 0.1) is 33.0 Å². The first kappa shape index (κ1) is 15.7. The molecule has 3 heterocycles. The van der Waals surface area contributed by atoms with Gasteiger partial charge in [-0.15, -0.1) is 0 Å². The highest BCUT2D eigenvalue weighted by Crippen LogP contribution is 2.56. The summed E-state index contributed by atoms with van der Waals surface area (Å²) < 4.78 is 23.2. The molecular formula is C20H25NO4. The van der Waals surface area contributed by atoms with Gasteiger partial charge < -0.3 is 18.9 Å². The van der Waals surface area contributed by atoms with E-state index in [1.807, 2.05) is 0 Å². The predicted octanol–water partition coefficient (Wildman–Crippen LogP) is 2.62. The monoisotopic (exact) mass is 343 g/mol. The normalized spacial score (nSPS) is 29.8. The van der Waals surface area contributed by atoms with Gasteiger partial charge in [-0.3, -0.25) is 4.90 Å². The van der Waals surface area contributed by atoms with Crippen molar-refractivity contribution in [3.05, 3.63) is 34.9 Å². The molecule has 1 aromatic carbocycles. The van der Waals surface area contributed by atoms with E-state index in [1.165, 1.54) is 16.7 Å². The minimum absolute atomic E-state index is 0.0201. The third-order valence-electron chi connectivity index (χ3n) is 6.48. The third-order valence-corrected chi connectivity index (χ3v) is 6.48. The Morgan fingerprint density at radius 1 is 1.04 bits per heavy atom. The lowest BCUT2D eigenvalue weighted by Gasteiger charge is -2.51. The van der Waals surface area contributed by atoms with E-state index in [4.69, 9.17) is 18.9 Å². The Bertz CT molecular complexity index is 737. The van der Waals surface area contributed by atoms with Gasteiger partial charge in [0, 0.05) is 25.9 Å². The second kappa shape index (κ2) is 5.47. The van der Waals surface area contributed by atoms with Crippen LogP contribution in [0.15, 0.2) is 23.8 Å². The number of fused-ring (bicyclic) bond motifs is 1. The molecule has 1 aliphatic carbocycles. The highest BCUT2D eigenvalue weighted by Gasteiger charge is 2.56. The van der Waals surface area contributed by atoms with Crippen LogP contribution in [-0.4, -0.2) is 51.2 Å². The Hall–Kier alpha value is -1.56. The summed E-state index contributed by atoms with van der Waals surface area (Å²) in [5.41, 5.74) is 4.20. The number of benzene rings is 1. The molecule has 0 aromatic heterocycles. The van der Waals surface area contributed by atoms with Crippen molar-refractivity contribution in [2.24, 2.45) is 0 Å². The van der Waals surface area contributed by atoms with Gasteiger partial charge in [-0.05, 0) is 41.7 Å². The van der Waals surface area contributed by atoms with E-state index < -0.39 is 0 Å². The average Bonchev–Trinajstić information content (AvgIpc) is 3.25. The highest BCUT2D eigenvalue weighted by atomic mass is 16.7. The first-order valence-electron chi connectivity index (χ1n) is 9.19. The van der Waals surface area contributed by atoms with Gasteiger partial charge >= 0.3 is 0 Å². The summed E-state index contributed by atoms with van der Waals surface area (Å²) in [6.45, 7) is 3.52. The van der Waals surface area contributed by atoms with Crippen LogP contribution < -0.4 is 9.47 Å². The van der Waals surface area contributed by atoms with Crippen LogP contribution in [0.4, 0.5) is 0 Å². The molecule has 134 valence electrons. The molecule has 0 unspecified atom stereocenters. The zero-order valence-corrected chi connectivity index (χ0v) is 15.0. The van der Waals surface area contributed by atoms with Crippen molar-refractivity contribution in [2.45, 2.75) is 37.0 Å². The maximum absolute atomic E-state index is 6.01. The van der Waals surface area contributed by atoms with Crippen LogP contribution in [-0.2, 0) is 21.4 Å². The second-order valence-corrected chi connectivity index (χ2v) is 7.43. The summed E-state index contributed by atoms with van der Waals surface area (Å²) in [5, 5.41) is 0. The Morgan fingerprint density at radius 2 is 1.80 bits per heavy atom. The Balaban J connectivity index is 1.61. The van der Waals surface area contributed by atoms with Gasteiger partial charge in [0.15, 0.2) is 17.3 Å². The van der Waals surface area contributed by atoms with E-state index in [-0.39, 0.29) is 11.3 Å². The quantitative estimate of drug-likeness (QED) is 0.772. The van der Waals surface area contributed by atoms with E-state index in [2.05, 4.69) is 23.1 Å². The minimum Gasteiger partial charge on any atom is -0.493 e. The molecule has 1 atom stereocenters. The molecule has 25 heavy (non-hydrogen) atoms. The highest BCUT2D eigenvalue weighted by molar-refractivity contribution is 5.55. The number of methoxy groups -OCH3 is 2. The number of hydrogen-bond acceptors (Lipinski definition) is 5. The SMILES string of the molecule is COc1cc2c(cc1OC)[C@@]13CCC4(CC1=CCN3CC2)OCCO4. The number of hydrogen-bond donors (Lipinski definition) is 0. The molecule has 0 bridgehead atoms. The lowest BCUT2D eigenvalue weighted by molar-refractivity contribution is -0.178. The second-order valence-electron chi connectivity index (χ2n) is 7.43. The molecule has 5 nitrogen and oxygen atoms in total. The van der Waals surface area contributed by atoms with Gasteiger partial charge in [-0.2, -0.15) is 0 Å². The van der Waals surface area contributed by atoms with Crippen LogP contribution in [0, 0.1) is 0 Å². The molecule has 1 saturated carbocycles. The van der Waals surface area contributed by atoms with Gasteiger partial charge in [0.25, 0.3) is 0 Å². The fourth-order valence-corrected chi connectivity index (χ4v) is 5.31. The van der Waals surface area contributed by atoms with Crippen molar-refractivity contribution < 1.29 is 18.9 Å². The molecule has 3 aliphatic heterocycles. The van der Waals surface area contributed by atoms with Crippen LogP contribution in [0.25, 0.3) is 0 Å². The Morgan fingerprint density at radius 3 is 2.56 bits per heavy atom. The Kier molecular flexibility index (Phi) is 3.43. The van der Waals surface area contributed by atoms with E-state index >= 15 is 0 Å². The summed E-state index contributed by atoms with van der Waals surface area (Å²) in [5.74, 6) is 1.25. The molecule has 1 saturated heterocycles. The molecule has 0 amide bonds. The summed E-state index contributed by atoms with van der Waals surface area (Å²) in [7, 11) is 3.42. The first-order valence-corrected chi connectivity index (χ1v) is 9.19. The van der Waals surface area contributed by atoms with Gasteiger partial charge in [-0.1, -0.05) is 6.08 Å². The van der Waals surface area contributed by atoms with Crippen molar-refractivity contribution in [1.82, 2.24) is 4.90 Å². The fraction of sp³-hybridized carbons (Fsp3) is 0.600. The predicted molar refractivity (Wildman–Crippen MR) is 93.1 cm³/mol. The molecule has 2 spiro atoms. The van der Waals surface area contributed by atoms with E-state index in [0.29, 0.717) is 13.2 Å². The van der Waals surface area contributed by atoms with Crippen LogP contribution in [0.3, 0.4) is 0 Å². The maximum atomic E-state index is 6.01. The molecule has 1 aromatic rings. The van der Waals surface area contributed by atoms with Gasteiger partial charge in [-0.25, -0.2) is 0 Å². The maximum Gasteiger partial charge on any atom is 0.172 e. The zero-order chi connectivity index (χ0) is 17.1. The van der Waals surface area contributed by atoms with E-state index in [1.54, 1.807) is 14.2 Å². The number of ether oxygens (including phenoxy) is 4. The third kappa shape index (κ3) is 2.06. The van der Waals surface area contributed by atoms with Crippen LogP contribution >= 0.6 is 0 Å². The smallest absolute Gasteiger partial charge is 0.172 e. The molecule has 0 radical (unpaired) electrons. The summed E-state index contributed by atoms with van der Waals surface area (Å²) >= 11 is 0. The number of rotatable bonds is 2. The summed E-state index contributed by atoms with van der Waals surface area (Å²) in [6, 6.07) is 4.37. The van der Waals surface area contributed by atoms with Crippen LogP contribution in [0.1, 0.15) is 30.4 Å². The summed E-state index contributed by atoms with van der Waals surface area (Å²) in [6.07, 6.45) is 6.29. The lowest BCUT2D eigenvalue weighted by atomic mass is 9.68. The molecular weight excluding hydrogens is 318 g/mol. The van der Waals surface area contributed by atoms with Crippen molar-refractivity contribution in [1.29, 1.82) is 0 Å². The lowest BCUT2D eigenvalue weighted by Crippen LogP contribution is -2.53. The molecule has 5 rings (SSSR count). The van der Waals surface area contributed by atoms with Crippen molar-refractivity contribution in [3.63, 3.8) is 0 Å². The fourth-order valence-electron chi connectivity index (χ4n) is 5.31. The number of nitrogens with zero attached hydrogens (tertiary/aromatic N) is 1. The first-order chi connectivity index (χ1) is 12.2. The molecule has 5 heteroatoms. The van der Waals surface area contributed by atoms with Gasteiger partial charge in [0.2, 0.25) is 0 Å². The van der Waals surface area contributed by atoms with Crippen molar-refractivity contribution >= 4 is 0 Å². The van der Waals surface area contributed by atoms with Gasteiger partial charge in [0.1, 0.15) is 0 Å². The summed E-state index contributed by atoms with van der Waals surface area (Å²) in [4.78, 5) is 2.62. The minimum atomic E-state index is -0.388. The average molecular weight is 343 g/mol. The largest absolute Gasteiger partial charge is 0.493 e. The van der Waals surface area contributed by atoms with Crippen LogP contribution in [0.2, 0.25) is 0 Å². The zero-order valence-electron chi connectivity index (χ0n) is 15.0.